The van der Waals surface area contributed by atoms with E-state index >= 15 is 0 Å². The van der Waals surface area contributed by atoms with Gasteiger partial charge in [-0.2, -0.15) is 0 Å². The van der Waals surface area contributed by atoms with Crippen LogP contribution in [0, 0.1) is 29.4 Å². The van der Waals surface area contributed by atoms with Crippen molar-refractivity contribution >= 4 is 0 Å². The van der Waals surface area contributed by atoms with Gasteiger partial charge in [-0.1, -0.05) is 45.9 Å². The molecule has 0 aromatic heterocycles. The van der Waals surface area contributed by atoms with Crippen molar-refractivity contribution < 1.29 is 13.5 Å². The fraction of sp³-hybridized carbons (Fsp3) is 0.571. The molecule has 0 N–H and O–H groups in total. The van der Waals surface area contributed by atoms with Crippen LogP contribution in [0.15, 0.2) is 36.4 Å². The predicted molar refractivity (Wildman–Crippen MR) is 123 cm³/mol. The van der Waals surface area contributed by atoms with Gasteiger partial charge in [-0.25, -0.2) is 8.78 Å². The third-order valence-electron chi connectivity index (χ3n) is 7.10. The lowest BCUT2D eigenvalue weighted by Crippen LogP contribution is -2.12. The highest BCUT2D eigenvalue weighted by atomic mass is 19.1. The normalized spacial score (nSPS) is 21.7. The van der Waals surface area contributed by atoms with Crippen LogP contribution in [0.2, 0.25) is 0 Å². The SMILES string of the molecule is CC(CC1CC1CCc1cc(C(C)(C)C)ccc1F)c1ccc(F)cc1OCC1CC1. The summed E-state index contributed by atoms with van der Waals surface area (Å²) in [5, 5.41) is 0. The molecule has 0 saturated heterocycles. The van der Waals surface area contributed by atoms with Gasteiger partial charge < -0.3 is 4.74 Å². The van der Waals surface area contributed by atoms with E-state index in [0.29, 0.717) is 30.3 Å². The quantitative estimate of drug-likeness (QED) is 0.397. The molecule has 4 rings (SSSR count). The molecule has 31 heavy (non-hydrogen) atoms. The number of ether oxygens (including phenoxy) is 1. The van der Waals surface area contributed by atoms with Gasteiger partial charge in [-0.15, -0.1) is 0 Å². The van der Waals surface area contributed by atoms with Crippen molar-refractivity contribution in [2.75, 3.05) is 6.61 Å². The Balaban J connectivity index is 1.32. The van der Waals surface area contributed by atoms with Crippen LogP contribution < -0.4 is 4.74 Å². The van der Waals surface area contributed by atoms with Crippen molar-refractivity contribution in [2.45, 2.75) is 77.6 Å². The molecule has 2 aromatic rings. The number of hydrogen-bond acceptors (Lipinski definition) is 1. The number of halogens is 2. The minimum absolute atomic E-state index is 0.0362. The standard InChI is InChI=1S/C28H36F2O/c1-18(25-11-10-24(29)16-27(25)31-17-19-5-6-19)13-22-14-20(22)7-8-21-15-23(28(2,3)4)9-12-26(21)30/h9-12,15-16,18-20,22H,5-8,13-14,17H2,1-4H3. The van der Waals surface area contributed by atoms with Gasteiger partial charge in [0.1, 0.15) is 17.4 Å². The van der Waals surface area contributed by atoms with Gasteiger partial charge in [-0.05, 0) is 96.4 Å². The van der Waals surface area contributed by atoms with E-state index in [2.05, 4.69) is 33.8 Å². The summed E-state index contributed by atoms with van der Waals surface area (Å²) in [5.74, 6) is 2.73. The molecular formula is C28H36F2O. The molecule has 1 nitrogen and oxygen atoms in total. The van der Waals surface area contributed by atoms with Gasteiger partial charge in [0.25, 0.3) is 0 Å². The fourth-order valence-corrected chi connectivity index (χ4v) is 4.64. The molecule has 0 amide bonds. The Hall–Kier alpha value is -1.90. The summed E-state index contributed by atoms with van der Waals surface area (Å²) >= 11 is 0. The average molecular weight is 427 g/mol. The van der Waals surface area contributed by atoms with Gasteiger partial charge in [0, 0.05) is 6.07 Å². The Morgan fingerprint density at radius 1 is 1.03 bits per heavy atom. The molecule has 3 unspecified atom stereocenters. The van der Waals surface area contributed by atoms with Crippen molar-refractivity contribution in [3.63, 3.8) is 0 Å². The van der Waals surface area contributed by atoms with Crippen molar-refractivity contribution in [3.8, 4) is 5.75 Å². The summed E-state index contributed by atoms with van der Waals surface area (Å²) in [6.45, 7) is 9.43. The molecule has 2 fully saturated rings. The maximum absolute atomic E-state index is 14.3. The van der Waals surface area contributed by atoms with E-state index in [1.165, 1.54) is 24.8 Å². The molecule has 2 aliphatic rings. The first kappa shape index (κ1) is 22.3. The predicted octanol–water partition coefficient (Wildman–Crippen LogP) is 7.81. The lowest BCUT2D eigenvalue weighted by molar-refractivity contribution is 0.293. The van der Waals surface area contributed by atoms with Crippen molar-refractivity contribution in [3.05, 3.63) is 64.7 Å². The van der Waals surface area contributed by atoms with E-state index in [-0.39, 0.29) is 17.0 Å². The lowest BCUT2D eigenvalue weighted by atomic mass is 9.85. The first-order valence-corrected chi connectivity index (χ1v) is 11.9. The monoisotopic (exact) mass is 426 g/mol. The highest BCUT2D eigenvalue weighted by Crippen LogP contribution is 2.48. The second-order valence-electron chi connectivity index (χ2n) is 10.9. The number of rotatable bonds is 9. The Morgan fingerprint density at radius 3 is 2.52 bits per heavy atom. The van der Waals surface area contributed by atoms with Gasteiger partial charge in [0.05, 0.1) is 6.61 Å². The van der Waals surface area contributed by atoms with Crippen LogP contribution in [0.25, 0.3) is 0 Å². The van der Waals surface area contributed by atoms with Gasteiger partial charge in [0.15, 0.2) is 0 Å². The van der Waals surface area contributed by atoms with Crippen LogP contribution in [0.3, 0.4) is 0 Å². The second-order valence-corrected chi connectivity index (χ2v) is 10.9. The van der Waals surface area contributed by atoms with Crippen LogP contribution >= 0.6 is 0 Å². The van der Waals surface area contributed by atoms with Crippen LogP contribution in [0.1, 0.15) is 82.4 Å². The van der Waals surface area contributed by atoms with E-state index in [9.17, 15) is 8.78 Å². The number of aryl methyl sites for hydroxylation is 1. The molecule has 2 aliphatic carbocycles. The molecule has 2 aromatic carbocycles. The van der Waals surface area contributed by atoms with E-state index < -0.39 is 0 Å². The van der Waals surface area contributed by atoms with Gasteiger partial charge in [0.2, 0.25) is 0 Å². The third-order valence-corrected chi connectivity index (χ3v) is 7.10. The fourth-order valence-electron chi connectivity index (χ4n) is 4.64. The smallest absolute Gasteiger partial charge is 0.126 e. The van der Waals surface area contributed by atoms with Crippen LogP contribution in [-0.4, -0.2) is 6.61 Å². The zero-order chi connectivity index (χ0) is 22.2. The molecule has 3 heteroatoms. The number of benzene rings is 2. The zero-order valence-electron chi connectivity index (χ0n) is 19.4. The topological polar surface area (TPSA) is 9.23 Å². The Labute approximate surface area is 186 Å². The summed E-state index contributed by atoms with van der Waals surface area (Å²) in [6.07, 6.45) is 6.59. The van der Waals surface area contributed by atoms with E-state index in [1.807, 2.05) is 12.1 Å². The molecule has 0 heterocycles. The maximum Gasteiger partial charge on any atom is 0.126 e. The summed E-state index contributed by atoms with van der Waals surface area (Å²) in [5.41, 5.74) is 3.20. The summed E-state index contributed by atoms with van der Waals surface area (Å²) in [6, 6.07) is 10.6. The molecule has 0 spiro atoms. The number of hydrogen-bond donors (Lipinski definition) is 0. The van der Waals surface area contributed by atoms with E-state index in [1.54, 1.807) is 18.2 Å². The Bertz CT molecular complexity index is 910. The highest BCUT2D eigenvalue weighted by Gasteiger charge is 2.38. The summed E-state index contributed by atoms with van der Waals surface area (Å²) in [7, 11) is 0. The largest absolute Gasteiger partial charge is 0.493 e. The molecule has 0 aliphatic heterocycles. The molecule has 0 bridgehead atoms. The summed E-state index contributed by atoms with van der Waals surface area (Å²) in [4.78, 5) is 0. The van der Waals surface area contributed by atoms with E-state index in [0.717, 1.165) is 36.1 Å². The maximum atomic E-state index is 14.3. The van der Waals surface area contributed by atoms with Crippen LogP contribution in [0.5, 0.6) is 5.75 Å². The molecule has 2 saturated carbocycles. The Kier molecular flexibility index (Phi) is 6.42. The first-order valence-electron chi connectivity index (χ1n) is 11.9. The van der Waals surface area contributed by atoms with Crippen molar-refractivity contribution in [2.24, 2.45) is 17.8 Å². The zero-order valence-corrected chi connectivity index (χ0v) is 19.4. The van der Waals surface area contributed by atoms with Gasteiger partial charge in [-0.3, -0.25) is 0 Å². The van der Waals surface area contributed by atoms with Gasteiger partial charge >= 0.3 is 0 Å². The van der Waals surface area contributed by atoms with Crippen molar-refractivity contribution in [1.82, 2.24) is 0 Å². The lowest BCUT2D eigenvalue weighted by Gasteiger charge is -2.20. The highest BCUT2D eigenvalue weighted by molar-refractivity contribution is 5.37. The van der Waals surface area contributed by atoms with Crippen molar-refractivity contribution in [1.29, 1.82) is 0 Å². The Morgan fingerprint density at radius 2 is 1.81 bits per heavy atom. The second kappa shape index (κ2) is 8.92. The molecule has 3 atom stereocenters. The molecular weight excluding hydrogens is 390 g/mol. The molecule has 0 radical (unpaired) electrons. The average Bonchev–Trinajstić information content (AvgIpc) is 3.62. The van der Waals surface area contributed by atoms with Crippen LogP contribution in [-0.2, 0) is 11.8 Å². The summed E-state index contributed by atoms with van der Waals surface area (Å²) < 4.78 is 34.1. The minimum Gasteiger partial charge on any atom is -0.493 e. The first-order chi connectivity index (χ1) is 14.7. The molecule has 168 valence electrons. The van der Waals surface area contributed by atoms with E-state index in [4.69, 9.17) is 4.74 Å². The van der Waals surface area contributed by atoms with Crippen LogP contribution in [0.4, 0.5) is 8.78 Å². The minimum atomic E-state index is -0.231. The third kappa shape index (κ3) is 5.87.